The van der Waals surface area contributed by atoms with Crippen LogP contribution in [-0.2, 0) is 4.79 Å². The Morgan fingerprint density at radius 1 is 0.774 bits per heavy atom. The van der Waals surface area contributed by atoms with Crippen molar-refractivity contribution in [2.45, 2.75) is 6.92 Å². The number of hydrogen-bond donors (Lipinski definition) is 0. The highest BCUT2D eigenvalue weighted by Crippen LogP contribution is 2.21. The average molecular weight is 418 g/mol. The normalized spacial score (nSPS) is 13.8. The molecule has 6 nitrogen and oxygen atoms in total. The molecule has 4 rings (SSSR count). The van der Waals surface area contributed by atoms with E-state index in [1.807, 2.05) is 66.4 Å². The van der Waals surface area contributed by atoms with E-state index in [1.165, 1.54) is 0 Å². The minimum absolute atomic E-state index is 0.00883. The number of ether oxygens (including phenoxy) is 2. The van der Waals surface area contributed by atoms with Gasteiger partial charge in [-0.15, -0.1) is 0 Å². The van der Waals surface area contributed by atoms with Crippen LogP contribution < -0.4 is 9.47 Å². The Morgan fingerprint density at radius 3 is 2.10 bits per heavy atom. The Kier molecular flexibility index (Phi) is 6.36. The van der Waals surface area contributed by atoms with E-state index in [-0.39, 0.29) is 18.4 Å². The second-order valence-electron chi connectivity index (χ2n) is 7.39. The molecule has 160 valence electrons. The Labute approximate surface area is 182 Å². The lowest BCUT2D eigenvalue weighted by Crippen LogP contribution is -2.51. The van der Waals surface area contributed by atoms with Crippen molar-refractivity contribution in [1.82, 2.24) is 9.80 Å². The smallest absolute Gasteiger partial charge is 0.260 e. The molecule has 0 unspecified atom stereocenters. The van der Waals surface area contributed by atoms with E-state index in [0.29, 0.717) is 44.1 Å². The lowest BCUT2D eigenvalue weighted by Gasteiger charge is -2.35. The van der Waals surface area contributed by atoms with Gasteiger partial charge in [-0.05, 0) is 48.0 Å². The molecule has 0 aromatic heterocycles. The predicted octanol–water partition coefficient (Wildman–Crippen LogP) is 3.60. The molecule has 2 amide bonds. The molecule has 1 heterocycles. The van der Waals surface area contributed by atoms with Gasteiger partial charge in [-0.1, -0.05) is 36.4 Å². The van der Waals surface area contributed by atoms with Crippen LogP contribution >= 0.6 is 0 Å². The topological polar surface area (TPSA) is 59.1 Å². The van der Waals surface area contributed by atoms with Crippen LogP contribution in [-0.4, -0.2) is 61.0 Å². The molecule has 0 aliphatic carbocycles. The number of benzene rings is 3. The third kappa shape index (κ3) is 4.79. The van der Waals surface area contributed by atoms with Gasteiger partial charge in [0.1, 0.15) is 11.5 Å². The van der Waals surface area contributed by atoms with Crippen LogP contribution in [0.15, 0.2) is 66.7 Å². The Morgan fingerprint density at radius 2 is 1.39 bits per heavy atom. The lowest BCUT2D eigenvalue weighted by atomic mass is 10.0. The van der Waals surface area contributed by atoms with Crippen molar-refractivity contribution < 1.29 is 19.1 Å². The molecule has 1 saturated heterocycles. The van der Waals surface area contributed by atoms with Gasteiger partial charge in [-0.25, -0.2) is 0 Å². The van der Waals surface area contributed by atoms with Gasteiger partial charge in [0.05, 0.1) is 6.61 Å². The van der Waals surface area contributed by atoms with Crippen LogP contribution in [0.25, 0.3) is 10.8 Å². The second kappa shape index (κ2) is 9.51. The molecule has 1 fully saturated rings. The number of hydrogen-bond acceptors (Lipinski definition) is 4. The number of carbonyl (C=O) groups is 2. The van der Waals surface area contributed by atoms with Crippen molar-refractivity contribution >= 4 is 22.6 Å². The van der Waals surface area contributed by atoms with Gasteiger partial charge in [-0.3, -0.25) is 9.59 Å². The lowest BCUT2D eigenvalue weighted by molar-refractivity contribution is -0.134. The third-order valence-electron chi connectivity index (χ3n) is 5.44. The van der Waals surface area contributed by atoms with Crippen molar-refractivity contribution in [2.75, 3.05) is 39.4 Å². The number of rotatable bonds is 6. The fraction of sp³-hybridized carbons (Fsp3) is 0.280. The van der Waals surface area contributed by atoms with Gasteiger partial charge in [0, 0.05) is 31.7 Å². The molecular weight excluding hydrogens is 392 g/mol. The fourth-order valence-corrected chi connectivity index (χ4v) is 3.78. The van der Waals surface area contributed by atoms with Gasteiger partial charge in [0.25, 0.3) is 11.8 Å². The van der Waals surface area contributed by atoms with E-state index >= 15 is 0 Å². The summed E-state index contributed by atoms with van der Waals surface area (Å²) in [7, 11) is 0. The highest BCUT2D eigenvalue weighted by atomic mass is 16.5. The van der Waals surface area contributed by atoms with E-state index in [4.69, 9.17) is 9.47 Å². The van der Waals surface area contributed by atoms with E-state index < -0.39 is 0 Å². The molecule has 0 N–H and O–H groups in total. The summed E-state index contributed by atoms with van der Waals surface area (Å²) in [4.78, 5) is 29.2. The molecule has 1 aliphatic rings. The summed E-state index contributed by atoms with van der Waals surface area (Å²) in [6, 6.07) is 20.9. The Bertz CT molecular complexity index is 1050. The molecule has 1 aliphatic heterocycles. The van der Waals surface area contributed by atoms with Gasteiger partial charge in [-0.2, -0.15) is 0 Å². The first-order valence-electron chi connectivity index (χ1n) is 10.6. The summed E-state index contributed by atoms with van der Waals surface area (Å²) < 4.78 is 11.0. The molecule has 0 saturated carbocycles. The maximum atomic E-state index is 13.1. The van der Waals surface area contributed by atoms with Crippen molar-refractivity contribution in [3.05, 3.63) is 72.3 Å². The largest absolute Gasteiger partial charge is 0.494 e. The van der Waals surface area contributed by atoms with Crippen LogP contribution in [0.3, 0.4) is 0 Å². The van der Waals surface area contributed by atoms with E-state index in [1.54, 1.807) is 17.0 Å². The van der Waals surface area contributed by atoms with Gasteiger partial charge in [0.2, 0.25) is 0 Å². The summed E-state index contributed by atoms with van der Waals surface area (Å²) in [6.45, 7) is 4.54. The van der Waals surface area contributed by atoms with Crippen molar-refractivity contribution in [2.24, 2.45) is 0 Å². The summed E-state index contributed by atoms with van der Waals surface area (Å²) in [6.07, 6.45) is 0. The molecule has 3 aromatic carbocycles. The summed E-state index contributed by atoms with van der Waals surface area (Å²) in [5.41, 5.74) is 0.705. The number of piperazine rings is 1. The molecule has 0 radical (unpaired) electrons. The quantitative estimate of drug-likeness (QED) is 0.614. The number of amides is 2. The van der Waals surface area contributed by atoms with E-state index in [0.717, 1.165) is 16.5 Å². The summed E-state index contributed by atoms with van der Waals surface area (Å²) in [5.74, 6) is 1.33. The van der Waals surface area contributed by atoms with E-state index in [2.05, 4.69) is 0 Å². The van der Waals surface area contributed by atoms with Crippen LogP contribution in [0, 0.1) is 0 Å². The minimum Gasteiger partial charge on any atom is -0.494 e. The highest BCUT2D eigenvalue weighted by molar-refractivity contribution is 6.07. The first kappa shape index (κ1) is 20.7. The van der Waals surface area contributed by atoms with Crippen LogP contribution in [0.5, 0.6) is 11.5 Å². The highest BCUT2D eigenvalue weighted by Gasteiger charge is 2.25. The molecule has 0 bridgehead atoms. The maximum absolute atomic E-state index is 13.1. The number of carbonyl (C=O) groups excluding carboxylic acids is 2. The zero-order valence-corrected chi connectivity index (χ0v) is 17.6. The summed E-state index contributed by atoms with van der Waals surface area (Å²) >= 11 is 0. The zero-order valence-electron chi connectivity index (χ0n) is 17.6. The van der Waals surface area contributed by atoms with Crippen LogP contribution in [0.1, 0.15) is 17.3 Å². The van der Waals surface area contributed by atoms with Gasteiger partial charge >= 0.3 is 0 Å². The minimum atomic E-state index is -0.0776. The predicted molar refractivity (Wildman–Crippen MR) is 120 cm³/mol. The Balaban J connectivity index is 1.30. The molecule has 3 aromatic rings. The first-order valence-corrected chi connectivity index (χ1v) is 10.6. The molecule has 6 heteroatoms. The third-order valence-corrected chi connectivity index (χ3v) is 5.44. The number of fused-ring (bicyclic) bond motifs is 1. The standard InChI is InChI=1S/C25H26N2O4/c1-2-30-20-10-12-21(13-11-20)31-18-24(28)26-14-16-27(17-15-26)25(29)23-9-5-7-19-6-3-4-8-22(19)23/h3-13H,2,14-18H2,1H3. The number of nitrogens with zero attached hydrogens (tertiary/aromatic N) is 2. The zero-order chi connectivity index (χ0) is 21.6. The molecule has 0 spiro atoms. The SMILES string of the molecule is CCOc1ccc(OCC(=O)N2CCN(C(=O)c3cccc4ccccc34)CC2)cc1. The van der Waals surface area contributed by atoms with Crippen LogP contribution in [0.4, 0.5) is 0 Å². The Hall–Kier alpha value is -3.54. The average Bonchev–Trinajstić information content (AvgIpc) is 2.83. The van der Waals surface area contributed by atoms with Crippen molar-refractivity contribution in [1.29, 1.82) is 0 Å². The molecule has 31 heavy (non-hydrogen) atoms. The molecular formula is C25H26N2O4. The fourth-order valence-electron chi connectivity index (χ4n) is 3.78. The monoisotopic (exact) mass is 418 g/mol. The van der Waals surface area contributed by atoms with Crippen LogP contribution in [0.2, 0.25) is 0 Å². The summed E-state index contributed by atoms with van der Waals surface area (Å²) in [5, 5.41) is 2.01. The first-order chi connectivity index (χ1) is 15.2. The second-order valence-corrected chi connectivity index (χ2v) is 7.39. The van der Waals surface area contributed by atoms with Crippen molar-refractivity contribution in [3.63, 3.8) is 0 Å². The van der Waals surface area contributed by atoms with Crippen molar-refractivity contribution in [3.8, 4) is 11.5 Å². The van der Waals surface area contributed by atoms with Gasteiger partial charge in [0.15, 0.2) is 6.61 Å². The molecule has 0 atom stereocenters. The van der Waals surface area contributed by atoms with E-state index in [9.17, 15) is 9.59 Å². The maximum Gasteiger partial charge on any atom is 0.260 e. The van der Waals surface area contributed by atoms with Gasteiger partial charge < -0.3 is 19.3 Å².